The van der Waals surface area contributed by atoms with Crippen LogP contribution in [0, 0.1) is 18.7 Å². The zero-order valence-electron chi connectivity index (χ0n) is 11.0. The highest BCUT2D eigenvalue weighted by molar-refractivity contribution is 8.15. The topological polar surface area (TPSA) is 24.4 Å². The molecule has 0 bridgehead atoms. The van der Waals surface area contributed by atoms with E-state index in [9.17, 15) is 4.39 Å². The van der Waals surface area contributed by atoms with Crippen molar-refractivity contribution in [3.63, 3.8) is 0 Å². The molecule has 0 saturated heterocycles. The summed E-state index contributed by atoms with van der Waals surface area (Å²) in [4.78, 5) is 4.48. The molecule has 0 saturated carbocycles. The number of amidine groups is 1. The van der Waals surface area contributed by atoms with Crippen LogP contribution in [0.5, 0.6) is 0 Å². The predicted molar refractivity (Wildman–Crippen MR) is 77.9 cm³/mol. The van der Waals surface area contributed by atoms with E-state index >= 15 is 0 Å². The lowest BCUT2D eigenvalue weighted by molar-refractivity contribution is 0.575. The molecule has 0 aromatic heterocycles. The van der Waals surface area contributed by atoms with Gasteiger partial charge in [-0.3, -0.25) is 4.99 Å². The fraction of sp³-hybridized carbons (Fsp3) is 0.500. The highest BCUT2D eigenvalue weighted by Crippen LogP contribution is 2.28. The minimum absolute atomic E-state index is 0.178. The third kappa shape index (κ3) is 3.25. The number of halogens is 1. The monoisotopic (exact) mass is 266 g/mol. The van der Waals surface area contributed by atoms with E-state index < -0.39 is 0 Å². The third-order valence-electron chi connectivity index (χ3n) is 2.96. The first kappa shape index (κ1) is 13.4. The van der Waals surface area contributed by atoms with Crippen LogP contribution in [0.4, 0.5) is 10.1 Å². The Morgan fingerprint density at radius 3 is 3.00 bits per heavy atom. The van der Waals surface area contributed by atoms with Crippen LogP contribution < -0.4 is 5.32 Å². The third-order valence-corrected chi connectivity index (χ3v) is 4.09. The van der Waals surface area contributed by atoms with Gasteiger partial charge in [0.25, 0.3) is 0 Å². The molecule has 1 heterocycles. The van der Waals surface area contributed by atoms with E-state index in [-0.39, 0.29) is 5.82 Å². The molecular weight excluding hydrogens is 247 g/mol. The number of hydrogen-bond donors (Lipinski definition) is 1. The molecule has 4 heteroatoms. The van der Waals surface area contributed by atoms with Crippen LogP contribution in [0.15, 0.2) is 23.2 Å². The Morgan fingerprint density at radius 2 is 2.28 bits per heavy atom. The summed E-state index contributed by atoms with van der Waals surface area (Å²) >= 11 is 1.76. The van der Waals surface area contributed by atoms with Crippen molar-refractivity contribution in [2.75, 3.05) is 11.9 Å². The first-order valence-corrected chi connectivity index (χ1v) is 7.17. The van der Waals surface area contributed by atoms with Crippen molar-refractivity contribution in [3.05, 3.63) is 29.6 Å². The highest BCUT2D eigenvalue weighted by atomic mass is 32.2. The quantitative estimate of drug-likeness (QED) is 0.892. The van der Waals surface area contributed by atoms with Crippen molar-refractivity contribution in [2.45, 2.75) is 32.4 Å². The van der Waals surface area contributed by atoms with E-state index in [4.69, 9.17) is 0 Å². The highest BCUT2D eigenvalue weighted by Gasteiger charge is 2.21. The molecule has 1 unspecified atom stereocenters. The molecule has 0 radical (unpaired) electrons. The van der Waals surface area contributed by atoms with Crippen LogP contribution in [0.2, 0.25) is 0 Å². The molecule has 1 aromatic rings. The first-order chi connectivity index (χ1) is 8.56. The molecule has 18 heavy (non-hydrogen) atoms. The van der Waals surface area contributed by atoms with E-state index in [0.29, 0.717) is 16.7 Å². The average Bonchev–Trinajstić information content (AvgIpc) is 2.71. The molecule has 2 rings (SSSR count). The number of benzene rings is 1. The Balaban J connectivity index is 1.97. The summed E-state index contributed by atoms with van der Waals surface area (Å²) in [5, 5.41) is 4.69. The standard InChI is InChI=1S/C14H19FN2S/c1-9(2)7-11-8-16-14(18-11)17-13-6-4-5-12(15)10(13)3/h4-6,9,11H,7-8H2,1-3H3,(H,16,17). The molecule has 2 nitrogen and oxygen atoms in total. The fourth-order valence-electron chi connectivity index (χ4n) is 1.99. The first-order valence-electron chi connectivity index (χ1n) is 6.29. The van der Waals surface area contributed by atoms with Crippen molar-refractivity contribution < 1.29 is 4.39 Å². The second-order valence-corrected chi connectivity index (χ2v) is 6.34. The normalized spacial score (nSPS) is 19.2. The van der Waals surface area contributed by atoms with Crippen molar-refractivity contribution in [1.29, 1.82) is 0 Å². The van der Waals surface area contributed by atoms with Gasteiger partial charge in [-0.05, 0) is 31.4 Å². The van der Waals surface area contributed by atoms with Crippen molar-refractivity contribution in [3.8, 4) is 0 Å². The van der Waals surface area contributed by atoms with Gasteiger partial charge < -0.3 is 5.32 Å². The number of nitrogens with one attached hydrogen (secondary N) is 1. The molecule has 1 aromatic carbocycles. The fourth-order valence-corrected chi connectivity index (χ4v) is 3.26. The molecular formula is C14H19FN2S. The molecule has 1 aliphatic rings. The van der Waals surface area contributed by atoms with Gasteiger partial charge in [0.1, 0.15) is 5.82 Å². The Kier molecular flexibility index (Phi) is 4.27. The van der Waals surface area contributed by atoms with Gasteiger partial charge in [0.05, 0.1) is 6.54 Å². The average molecular weight is 266 g/mol. The summed E-state index contributed by atoms with van der Waals surface area (Å²) in [6, 6.07) is 5.08. The molecule has 1 N–H and O–H groups in total. The largest absolute Gasteiger partial charge is 0.335 e. The molecule has 98 valence electrons. The summed E-state index contributed by atoms with van der Waals surface area (Å²) in [6.45, 7) is 7.09. The maximum Gasteiger partial charge on any atom is 0.161 e. The van der Waals surface area contributed by atoms with Crippen molar-refractivity contribution in [2.24, 2.45) is 10.9 Å². The lowest BCUT2D eigenvalue weighted by atomic mass is 10.1. The number of rotatable bonds is 3. The van der Waals surface area contributed by atoms with E-state index in [2.05, 4.69) is 24.2 Å². The second kappa shape index (κ2) is 5.74. The summed E-state index contributed by atoms with van der Waals surface area (Å²) in [5.74, 6) is 0.510. The smallest absolute Gasteiger partial charge is 0.161 e. The number of hydrogen-bond acceptors (Lipinski definition) is 3. The molecule has 0 fully saturated rings. The summed E-state index contributed by atoms with van der Waals surface area (Å²) in [6.07, 6.45) is 1.17. The van der Waals surface area contributed by atoms with E-state index in [0.717, 1.165) is 17.4 Å². The lowest BCUT2D eigenvalue weighted by Gasteiger charge is -2.12. The Labute approximate surface area is 112 Å². The molecule has 0 aliphatic carbocycles. The zero-order valence-corrected chi connectivity index (χ0v) is 11.9. The number of thioether (sulfide) groups is 1. The lowest BCUT2D eigenvalue weighted by Crippen LogP contribution is -2.10. The zero-order chi connectivity index (χ0) is 13.1. The van der Waals surface area contributed by atoms with Crippen molar-refractivity contribution in [1.82, 2.24) is 0 Å². The number of anilines is 1. The van der Waals surface area contributed by atoms with Gasteiger partial charge >= 0.3 is 0 Å². The molecule has 1 atom stereocenters. The van der Waals surface area contributed by atoms with Crippen LogP contribution in [0.25, 0.3) is 0 Å². The van der Waals surface area contributed by atoms with Gasteiger partial charge in [-0.2, -0.15) is 0 Å². The van der Waals surface area contributed by atoms with E-state index in [1.165, 1.54) is 12.5 Å². The van der Waals surface area contributed by atoms with Crippen LogP contribution in [0.1, 0.15) is 25.8 Å². The molecule has 0 amide bonds. The van der Waals surface area contributed by atoms with Crippen LogP contribution in [-0.4, -0.2) is 17.0 Å². The number of nitrogens with zero attached hydrogens (tertiary/aromatic N) is 1. The van der Waals surface area contributed by atoms with Gasteiger partial charge in [-0.1, -0.05) is 31.7 Å². The number of aliphatic imine (C=N–C) groups is 1. The van der Waals surface area contributed by atoms with Gasteiger partial charge in [0.15, 0.2) is 5.17 Å². The van der Waals surface area contributed by atoms with Crippen LogP contribution >= 0.6 is 11.8 Å². The minimum Gasteiger partial charge on any atom is -0.335 e. The summed E-state index contributed by atoms with van der Waals surface area (Å²) in [5.41, 5.74) is 1.46. The maximum absolute atomic E-state index is 13.4. The van der Waals surface area contributed by atoms with E-state index in [1.807, 2.05) is 6.07 Å². The van der Waals surface area contributed by atoms with Crippen molar-refractivity contribution >= 4 is 22.6 Å². The minimum atomic E-state index is -0.178. The summed E-state index contributed by atoms with van der Waals surface area (Å²) < 4.78 is 13.4. The SMILES string of the molecule is Cc1c(F)cccc1NC1=NCC(CC(C)C)S1. The Bertz CT molecular complexity index is 457. The van der Waals surface area contributed by atoms with Gasteiger partial charge in [0, 0.05) is 16.5 Å². The van der Waals surface area contributed by atoms with E-state index in [1.54, 1.807) is 24.8 Å². The van der Waals surface area contributed by atoms with Crippen LogP contribution in [0.3, 0.4) is 0 Å². The Hall–Kier alpha value is -1.03. The second-order valence-electron chi connectivity index (χ2n) is 5.05. The van der Waals surface area contributed by atoms with Gasteiger partial charge in [-0.15, -0.1) is 0 Å². The summed E-state index contributed by atoms with van der Waals surface area (Å²) in [7, 11) is 0. The Morgan fingerprint density at radius 1 is 1.50 bits per heavy atom. The maximum atomic E-state index is 13.4. The van der Waals surface area contributed by atoms with Gasteiger partial charge in [0.2, 0.25) is 0 Å². The molecule has 1 aliphatic heterocycles. The van der Waals surface area contributed by atoms with Crippen LogP contribution in [-0.2, 0) is 0 Å². The predicted octanol–water partition coefficient (Wildman–Crippen LogP) is 4.06. The van der Waals surface area contributed by atoms with Gasteiger partial charge in [-0.25, -0.2) is 4.39 Å². The molecule has 0 spiro atoms.